The van der Waals surface area contributed by atoms with Gasteiger partial charge in [-0.3, -0.25) is 0 Å². The minimum Gasteiger partial charge on any atom is -0.207 e. The van der Waals surface area contributed by atoms with Crippen LogP contribution in [0.15, 0.2) is 58.3 Å². The molecule has 2 aromatic rings. The largest absolute Gasteiger partial charge is 0.241 e. The fourth-order valence-corrected chi connectivity index (χ4v) is 4.40. The zero-order valence-electron chi connectivity index (χ0n) is 13.3. The Morgan fingerprint density at radius 2 is 1.61 bits per heavy atom. The maximum Gasteiger partial charge on any atom is 0.241 e. The van der Waals surface area contributed by atoms with E-state index < -0.39 is 15.6 Å². The Morgan fingerprint density at radius 1 is 1.04 bits per heavy atom. The van der Waals surface area contributed by atoms with Crippen molar-refractivity contribution in [2.45, 2.75) is 36.1 Å². The first-order valence-corrected chi connectivity index (χ1v) is 9.64. The summed E-state index contributed by atoms with van der Waals surface area (Å²) in [6.07, 6.45) is 0. The van der Waals surface area contributed by atoms with E-state index in [1.165, 1.54) is 23.9 Å². The lowest BCUT2D eigenvalue weighted by Gasteiger charge is -2.25. The highest BCUT2D eigenvalue weighted by Gasteiger charge is 2.26. The van der Waals surface area contributed by atoms with E-state index in [1.807, 2.05) is 20.8 Å². The molecule has 0 aliphatic rings. The van der Waals surface area contributed by atoms with Gasteiger partial charge in [0.1, 0.15) is 5.82 Å². The summed E-state index contributed by atoms with van der Waals surface area (Å²) < 4.78 is 40.5. The Balaban J connectivity index is 2.04. The molecule has 2 aromatic carbocycles. The average Bonchev–Trinajstić information content (AvgIpc) is 2.46. The molecule has 0 saturated heterocycles. The molecule has 0 spiro atoms. The third-order valence-corrected chi connectivity index (χ3v) is 6.34. The molecule has 0 heterocycles. The second-order valence-electron chi connectivity index (χ2n) is 6.05. The van der Waals surface area contributed by atoms with E-state index in [-0.39, 0.29) is 10.7 Å². The molecule has 1 N–H and O–H groups in total. The van der Waals surface area contributed by atoms with Gasteiger partial charge in [0.25, 0.3) is 0 Å². The van der Waals surface area contributed by atoms with Crippen molar-refractivity contribution < 1.29 is 12.8 Å². The SMILES string of the molecule is Cc1ccc(S(=O)(=O)NC(C)(C)CSc2ccc(F)cc2)cc1. The van der Waals surface area contributed by atoms with E-state index in [2.05, 4.69) is 4.72 Å². The smallest absolute Gasteiger partial charge is 0.207 e. The summed E-state index contributed by atoms with van der Waals surface area (Å²) in [5, 5.41) is 0. The zero-order chi connectivity index (χ0) is 17.1. The Hall–Kier alpha value is -1.37. The molecular weight excluding hydrogens is 333 g/mol. The van der Waals surface area contributed by atoms with E-state index in [9.17, 15) is 12.8 Å². The number of thioether (sulfide) groups is 1. The lowest BCUT2D eigenvalue weighted by atomic mass is 10.1. The van der Waals surface area contributed by atoms with E-state index in [0.29, 0.717) is 5.75 Å². The van der Waals surface area contributed by atoms with Gasteiger partial charge in [-0.15, -0.1) is 11.8 Å². The molecule has 6 heteroatoms. The molecule has 124 valence electrons. The number of rotatable bonds is 6. The highest BCUT2D eigenvalue weighted by Crippen LogP contribution is 2.24. The quantitative estimate of drug-likeness (QED) is 0.799. The first-order chi connectivity index (χ1) is 10.7. The fourth-order valence-electron chi connectivity index (χ4n) is 1.96. The van der Waals surface area contributed by atoms with E-state index in [1.54, 1.807) is 36.4 Å². The van der Waals surface area contributed by atoms with Crippen LogP contribution in [-0.4, -0.2) is 19.7 Å². The first kappa shape index (κ1) is 18.0. The number of hydrogen-bond acceptors (Lipinski definition) is 3. The molecular formula is C17H20FNO2S2. The standard InChI is InChI=1S/C17H20FNO2S2/c1-13-4-10-16(11-5-13)23(20,21)19-17(2,3)12-22-15-8-6-14(18)7-9-15/h4-11,19H,12H2,1-3H3. The summed E-state index contributed by atoms with van der Waals surface area (Å²) in [5.74, 6) is 0.248. The molecule has 0 atom stereocenters. The molecule has 0 bridgehead atoms. The highest BCUT2D eigenvalue weighted by molar-refractivity contribution is 7.99. The van der Waals surface area contributed by atoms with Gasteiger partial charge in [-0.1, -0.05) is 17.7 Å². The highest BCUT2D eigenvalue weighted by atomic mass is 32.2. The van der Waals surface area contributed by atoms with E-state index in [4.69, 9.17) is 0 Å². The number of benzene rings is 2. The van der Waals surface area contributed by atoms with Crippen LogP contribution in [0.2, 0.25) is 0 Å². The Morgan fingerprint density at radius 3 is 2.17 bits per heavy atom. The summed E-state index contributed by atoms with van der Waals surface area (Å²) in [6, 6.07) is 12.9. The van der Waals surface area contributed by atoms with Gasteiger partial charge in [0.05, 0.1) is 4.90 Å². The predicted octanol–water partition coefficient (Wildman–Crippen LogP) is 3.98. The molecule has 0 aliphatic carbocycles. The van der Waals surface area contributed by atoms with Crippen LogP contribution in [0, 0.1) is 12.7 Å². The summed E-state index contributed by atoms with van der Waals surface area (Å²) >= 11 is 1.48. The number of sulfonamides is 1. The van der Waals surface area contributed by atoms with Crippen LogP contribution in [0.25, 0.3) is 0 Å². The maximum atomic E-state index is 12.9. The summed E-state index contributed by atoms with van der Waals surface area (Å²) in [7, 11) is -3.57. The number of halogens is 1. The number of nitrogens with one attached hydrogen (secondary N) is 1. The van der Waals surface area contributed by atoms with Gasteiger partial charge < -0.3 is 0 Å². The molecule has 0 aliphatic heterocycles. The van der Waals surface area contributed by atoms with Crippen LogP contribution in [0.5, 0.6) is 0 Å². The molecule has 2 rings (SSSR count). The molecule has 0 unspecified atom stereocenters. The molecule has 0 saturated carbocycles. The Labute approximate surface area is 141 Å². The molecule has 23 heavy (non-hydrogen) atoms. The van der Waals surface area contributed by atoms with Gasteiger partial charge in [-0.25, -0.2) is 17.5 Å². The van der Waals surface area contributed by atoms with Gasteiger partial charge in [0.15, 0.2) is 0 Å². The molecule has 0 aromatic heterocycles. The van der Waals surface area contributed by atoms with Crippen LogP contribution >= 0.6 is 11.8 Å². The van der Waals surface area contributed by atoms with Crippen molar-refractivity contribution in [3.05, 3.63) is 59.9 Å². The maximum absolute atomic E-state index is 12.9. The molecule has 0 fully saturated rings. The summed E-state index contributed by atoms with van der Waals surface area (Å²) in [6.45, 7) is 5.57. The van der Waals surface area contributed by atoms with Gasteiger partial charge in [0.2, 0.25) is 10.0 Å². The van der Waals surface area contributed by atoms with Crippen molar-refractivity contribution in [3.8, 4) is 0 Å². The van der Waals surface area contributed by atoms with Crippen molar-refractivity contribution >= 4 is 21.8 Å². The molecule has 3 nitrogen and oxygen atoms in total. The average molecular weight is 353 g/mol. The van der Waals surface area contributed by atoms with E-state index >= 15 is 0 Å². The lowest BCUT2D eigenvalue weighted by Crippen LogP contribution is -2.45. The number of hydrogen-bond donors (Lipinski definition) is 1. The Kier molecular flexibility index (Phi) is 5.49. The third-order valence-electron chi connectivity index (χ3n) is 3.16. The second kappa shape index (κ2) is 7.03. The minimum absolute atomic E-state index is 0.253. The van der Waals surface area contributed by atoms with Crippen molar-refractivity contribution in [1.82, 2.24) is 4.72 Å². The van der Waals surface area contributed by atoms with Gasteiger partial charge in [0, 0.05) is 16.2 Å². The normalized spacial score (nSPS) is 12.3. The first-order valence-electron chi connectivity index (χ1n) is 7.17. The predicted molar refractivity (Wildman–Crippen MR) is 92.7 cm³/mol. The van der Waals surface area contributed by atoms with Crippen molar-refractivity contribution in [2.75, 3.05) is 5.75 Å². The summed E-state index contributed by atoms with van der Waals surface area (Å²) in [4.78, 5) is 1.15. The van der Waals surface area contributed by atoms with Gasteiger partial charge in [-0.05, 0) is 57.2 Å². The fraction of sp³-hybridized carbons (Fsp3) is 0.294. The van der Waals surface area contributed by atoms with Crippen LogP contribution in [-0.2, 0) is 10.0 Å². The van der Waals surface area contributed by atoms with Crippen molar-refractivity contribution in [1.29, 1.82) is 0 Å². The molecule has 0 amide bonds. The number of aryl methyl sites for hydroxylation is 1. The monoisotopic (exact) mass is 353 g/mol. The Bertz CT molecular complexity index is 754. The van der Waals surface area contributed by atoms with E-state index in [0.717, 1.165) is 10.5 Å². The second-order valence-corrected chi connectivity index (χ2v) is 8.78. The van der Waals surface area contributed by atoms with Crippen LogP contribution < -0.4 is 4.72 Å². The van der Waals surface area contributed by atoms with Gasteiger partial charge in [-0.2, -0.15) is 0 Å². The van der Waals surface area contributed by atoms with Crippen molar-refractivity contribution in [2.24, 2.45) is 0 Å². The van der Waals surface area contributed by atoms with Gasteiger partial charge >= 0.3 is 0 Å². The minimum atomic E-state index is -3.57. The van der Waals surface area contributed by atoms with Crippen molar-refractivity contribution in [3.63, 3.8) is 0 Å². The molecule has 0 radical (unpaired) electrons. The lowest BCUT2D eigenvalue weighted by molar-refractivity contribution is 0.498. The zero-order valence-corrected chi connectivity index (χ0v) is 15.0. The summed E-state index contributed by atoms with van der Waals surface area (Å²) in [5.41, 5.74) is 0.373. The van der Waals surface area contributed by atoms with Crippen LogP contribution in [0.4, 0.5) is 4.39 Å². The van der Waals surface area contributed by atoms with Crippen LogP contribution in [0.1, 0.15) is 19.4 Å². The van der Waals surface area contributed by atoms with Crippen LogP contribution in [0.3, 0.4) is 0 Å². The topological polar surface area (TPSA) is 46.2 Å². The third kappa shape index (κ3) is 5.34.